The maximum atomic E-state index is 13.5. The largest absolute Gasteiger partial charge is 0.333 e. The lowest BCUT2D eigenvalue weighted by Gasteiger charge is -2.34. The Labute approximate surface area is 111 Å². The molecule has 0 aromatic heterocycles. The van der Waals surface area contributed by atoms with Crippen LogP contribution in [0.3, 0.4) is 0 Å². The van der Waals surface area contributed by atoms with Crippen molar-refractivity contribution < 1.29 is 13.6 Å². The monoisotopic (exact) mass is 276 g/mol. The molecule has 1 aromatic rings. The first-order chi connectivity index (χ1) is 8.09. The molecule has 0 unspecified atom stereocenters. The number of carbonyl (C=O) groups is 1. The standard InChI is InChI=1S/C12H14F2N2O.ClH/c1-8-7-15-4-5-16(8)12(17)10-6-9(13)2-3-11(10)14;/h2-3,6,8,15H,4-5,7H2,1H3;1H/t8-;/m0./s1. The van der Waals surface area contributed by atoms with Gasteiger partial charge in [-0.2, -0.15) is 0 Å². The number of hydrogen-bond donors (Lipinski definition) is 1. The van der Waals surface area contributed by atoms with Crippen molar-refractivity contribution in [2.75, 3.05) is 19.6 Å². The van der Waals surface area contributed by atoms with E-state index in [-0.39, 0.29) is 24.0 Å². The summed E-state index contributed by atoms with van der Waals surface area (Å²) in [6, 6.07) is 2.92. The molecular weight excluding hydrogens is 262 g/mol. The average Bonchev–Trinajstić information content (AvgIpc) is 2.32. The summed E-state index contributed by atoms with van der Waals surface area (Å²) in [5, 5.41) is 3.14. The SMILES string of the molecule is C[C@H]1CNCCN1C(=O)c1cc(F)ccc1F.Cl. The molecule has 1 aliphatic rings. The Morgan fingerprint density at radius 3 is 2.83 bits per heavy atom. The maximum absolute atomic E-state index is 13.5. The first-order valence-electron chi connectivity index (χ1n) is 5.56. The first-order valence-corrected chi connectivity index (χ1v) is 5.56. The molecule has 1 heterocycles. The third-order valence-corrected chi connectivity index (χ3v) is 2.92. The van der Waals surface area contributed by atoms with E-state index in [1.54, 1.807) is 4.90 Å². The van der Waals surface area contributed by atoms with Crippen molar-refractivity contribution in [3.05, 3.63) is 35.4 Å². The molecule has 1 aliphatic heterocycles. The Kier molecular flexibility index (Phi) is 5.04. The summed E-state index contributed by atoms with van der Waals surface area (Å²) >= 11 is 0. The van der Waals surface area contributed by atoms with Crippen LogP contribution in [0.4, 0.5) is 8.78 Å². The Hall–Kier alpha value is -1.20. The predicted octanol–water partition coefficient (Wildman–Crippen LogP) is 1.82. The number of amides is 1. The molecule has 1 atom stereocenters. The minimum absolute atomic E-state index is 0. The number of carbonyl (C=O) groups excluding carboxylic acids is 1. The Morgan fingerprint density at radius 2 is 2.17 bits per heavy atom. The van der Waals surface area contributed by atoms with E-state index < -0.39 is 17.5 Å². The summed E-state index contributed by atoms with van der Waals surface area (Å²) < 4.78 is 26.5. The van der Waals surface area contributed by atoms with Crippen molar-refractivity contribution in [1.82, 2.24) is 10.2 Å². The van der Waals surface area contributed by atoms with E-state index in [2.05, 4.69) is 5.32 Å². The second-order valence-electron chi connectivity index (χ2n) is 4.18. The molecule has 0 saturated carbocycles. The molecule has 0 aliphatic carbocycles. The molecule has 0 radical (unpaired) electrons. The minimum Gasteiger partial charge on any atom is -0.333 e. The molecule has 100 valence electrons. The van der Waals surface area contributed by atoms with Gasteiger partial charge in [0.25, 0.3) is 5.91 Å². The third kappa shape index (κ3) is 2.97. The summed E-state index contributed by atoms with van der Waals surface area (Å²) in [6.45, 7) is 3.73. The molecule has 0 spiro atoms. The van der Waals surface area contributed by atoms with Crippen LogP contribution in [0.5, 0.6) is 0 Å². The Balaban J connectivity index is 0.00000162. The topological polar surface area (TPSA) is 32.3 Å². The van der Waals surface area contributed by atoms with Crippen LogP contribution in [0.15, 0.2) is 18.2 Å². The molecular formula is C12H15ClF2N2O. The molecule has 18 heavy (non-hydrogen) atoms. The van der Waals surface area contributed by atoms with Crippen LogP contribution in [-0.4, -0.2) is 36.5 Å². The molecule has 1 fully saturated rings. The van der Waals surface area contributed by atoms with E-state index in [1.807, 2.05) is 6.92 Å². The fourth-order valence-corrected chi connectivity index (χ4v) is 1.96. The fourth-order valence-electron chi connectivity index (χ4n) is 1.96. The smallest absolute Gasteiger partial charge is 0.257 e. The normalized spacial score (nSPS) is 19.3. The summed E-state index contributed by atoms with van der Waals surface area (Å²) in [5.74, 6) is -1.73. The second-order valence-corrected chi connectivity index (χ2v) is 4.18. The Bertz CT molecular complexity index is 442. The zero-order valence-electron chi connectivity index (χ0n) is 9.95. The quantitative estimate of drug-likeness (QED) is 0.849. The molecule has 3 nitrogen and oxygen atoms in total. The summed E-state index contributed by atoms with van der Waals surface area (Å²) in [6.07, 6.45) is 0. The van der Waals surface area contributed by atoms with E-state index in [9.17, 15) is 13.6 Å². The third-order valence-electron chi connectivity index (χ3n) is 2.92. The maximum Gasteiger partial charge on any atom is 0.257 e. The lowest BCUT2D eigenvalue weighted by atomic mass is 10.1. The minimum atomic E-state index is -0.679. The van der Waals surface area contributed by atoms with Crippen LogP contribution >= 0.6 is 12.4 Å². The number of benzene rings is 1. The molecule has 1 saturated heterocycles. The van der Waals surface area contributed by atoms with Gasteiger partial charge in [-0.25, -0.2) is 8.78 Å². The highest BCUT2D eigenvalue weighted by Crippen LogP contribution is 2.15. The van der Waals surface area contributed by atoms with Gasteiger partial charge in [-0.3, -0.25) is 4.79 Å². The fraction of sp³-hybridized carbons (Fsp3) is 0.417. The van der Waals surface area contributed by atoms with Gasteiger partial charge in [0.1, 0.15) is 11.6 Å². The predicted molar refractivity (Wildman–Crippen MR) is 67.0 cm³/mol. The number of nitrogens with zero attached hydrogens (tertiary/aromatic N) is 1. The summed E-state index contributed by atoms with van der Waals surface area (Å²) in [4.78, 5) is 13.6. The van der Waals surface area contributed by atoms with Crippen molar-refractivity contribution in [3.63, 3.8) is 0 Å². The highest BCUT2D eigenvalue weighted by Gasteiger charge is 2.26. The average molecular weight is 277 g/mol. The van der Waals surface area contributed by atoms with Crippen LogP contribution in [0.25, 0.3) is 0 Å². The molecule has 0 bridgehead atoms. The van der Waals surface area contributed by atoms with Crippen molar-refractivity contribution in [2.24, 2.45) is 0 Å². The summed E-state index contributed by atoms with van der Waals surface area (Å²) in [7, 11) is 0. The number of hydrogen-bond acceptors (Lipinski definition) is 2. The van der Waals surface area contributed by atoms with Gasteiger partial charge in [0.05, 0.1) is 5.56 Å². The lowest BCUT2D eigenvalue weighted by Crippen LogP contribution is -2.52. The van der Waals surface area contributed by atoms with E-state index >= 15 is 0 Å². The molecule has 6 heteroatoms. The van der Waals surface area contributed by atoms with Gasteiger partial charge >= 0.3 is 0 Å². The zero-order valence-corrected chi connectivity index (χ0v) is 10.8. The van der Waals surface area contributed by atoms with Gasteiger partial charge in [0.15, 0.2) is 0 Å². The van der Waals surface area contributed by atoms with Crippen LogP contribution in [-0.2, 0) is 0 Å². The number of nitrogens with one attached hydrogen (secondary N) is 1. The lowest BCUT2D eigenvalue weighted by molar-refractivity contribution is 0.0650. The van der Waals surface area contributed by atoms with E-state index in [1.165, 1.54) is 0 Å². The van der Waals surface area contributed by atoms with E-state index in [0.29, 0.717) is 19.6 Å². The number of halogens is 3. The number of piperazine rings is 1. The van der Waals surface area contributed by atoms with Gasteiger partial charge in [0, 0.05) is 25.7 Å². The molecule has 1 N–H and O–H groups in total. The molecule has 1 aromatic carbocycles. The highest BCUT2D eigenvalue weighted by molar-refractivity contribution is 5.94. The van der Waals surface area contributed by atoms with Crippen molar-refractivity contribution in [1.29, 1.82) is 0 Å². The Morgan fingerprint density at radius 1 is 1.44 bits per heavy atom. The molecule has 2 rings (SSSR count). The van der Waals surface area contributed by atoms with Gasteiger partial charge in [-0.15, -0.1) is 12.4 Å². The van der Waals surface area contributed by atoms with Gasteiger partial charge in [-0.05, 0) is 25.1 Å². The van der Waals surface area contributed by atoms with Gasteiger partial charge in [0.2, 0.25) is 0 Å². The first kappa shape index (κ1) is 14.9. The van der Waals surface area contributed by atoms with Crippen molar-refractivity contribution in [3.8, 4) is 0 Å². The van der Waals surface area contributed by atoms with Crippen molar-refractivity contribution in [2.45, 2.75) is 13.0 Å². The molecule has 1 amide bonds. The van der Waals surface area contributed by atoms with Gasteiger partial charge < -0.3 is 10.2 Å². The van der Waals surface area contributed by atoms with E-state index in [4.69, 9.17) is 0 Å². The van der Waals surface area contributed by atoms with Crippen LogP contribution in [0.2, 0.25) is 0 Å². The number of rotatable bonds is 1. The van der Waals surface area contributed by atoms with E-state index in [0.717, 1.165) is 18.2 Å². The van der Waals surface area contributed by atoms with Crippen LogP contribution < -0.4 is 5.32 Å². The summed E-state index contributed by atoms with van der Waals surface area (Å²) in [5.41, 5.74) is -0.196. The zero-order chi connectivity index (χ0) is 12.4. The van der Waals surface area contributed by atoms with Crippen molar-refractivity contribution >= 4 is 18.3 Å². The highest BCUT2D eigenvalue weighted by atomic mass is 35.5. The van der Waals surface area contributed by atoms with Crippen LogP contribution in [0.1, 0.15) is 17.3 Å². The second kappa shape index (κ2) is 6.11. The van der Waals surface area contributed by atoms with Gasteiger partial charge in [-0.1, -0.05) is 0 Å². The van der Waals surface area contributed by atoms with Crippen LogP contribution in [0, 0.1) is 11.6 Å².